The zero-order valence-electron chi connectivity index (χ0n) is 47.3. The lowest BCUT2D eigenvalue weighted by Gasteiger charge is -2.45. The minimum absolute atomic E-state index is 0.0187. The molecular formula is C65H75F4N5O8. The third-order valence-corrected chi connectivity index (χ3v) is 14.2. The van der Waals surface area contributed by atoms with Gasteiger partial charge in [-0.3, -0.25) is 24.3 Å². The monoisotopic (exact) mass is 1130 g/mol. The van der Waals surface area contributed by atoms with Crippen molar-refractivity contribution in [2.45, 2.75) is 134 Å². The molecule has 7 atom stereocenters. The number of Topliss-reactive ketones (excluding diaryl/α,β-unsaturated/α-hetero) is 1. The Morgan fingerprint density at radius 3 is 1.43 bits per heavy atom. The minimum atomic E-state index is -1.50. The molecule has 3 unspecified atom stereocenters. The normalized spacial score (nSPS) is 18.3. The second-order valence-corrected chi connectivity index (χ2v) is 23.1. The number of halogens is 4. The van der Waals surface area contributed by atoms with Gasteiger partial charge in [-0.15, -0.1) is 0 Å². The van der Waals surface area contributed by atoms with E-state index in [2.05, 4.69) is 0 Å². The van der Waals surface area contributed by atoms with Crippen LogP contribution in [0.3, 0.4) is 0 Å². The zero-order valence-corrected chi connectivity index (χ0v) is 47.3. The van der Waals surface area contributed by atoms with Gasteiger partial charge < -0.3 is 30.3 Å². The number of benzene rings is 6. The summed E-state index contributed by atoms with van der Waals surface area (Å²) < 4.78 is 67.5. The molecule has 0 bridgehead atoms. The molecule has 6 aromatic carbocycles. The second-order valence-electron chi connectivity index (χ2n) is 23.1. The maximum absolute atomic E-state index is 14.5. The first kappa shape index (κ1) is 62.2. The van der Waals surface area contributed by atoms with Gasteiger partial charge in [0.2, 0.25) is 5.91 Å². The number of ketones is 1. The van der Waals surface area contributed by atoms with Crippen LogP contribution in [0.25, 0.3) is 0 Å². The molecular weight excluding hydrogens is 1050 g/mol. The van der Waals surface area contributed by atoms with E-state index in [1.54, 1.807) is 46.4 Å². The van der Waals surface area contributed by atoms with Crippen molar-refractivity contribution in [2.24, 2.45) is 11.7 Å². The summed E-state index contributed by atoms with van der Waals surface area (Å²) in [7, 11) is 0. The van der Waals surface area contributed by atoms with Crippen LogP contribution in [0.2, 0.25) is 0 Å². The number of carbonyl (C=O) groups excluding carboxylic acids is 4. The highest BCUT2D eigenvalue weighted by atomic mass is 19.1. The first-order valence-corrected chi connectivity index (χ1v) is 27.6. The van der Waals surface area contributed by atoms with E-state index >= 15 is 0 Å². The summed E-state index contributed by atoms with van der Waals surface area (Å²) >= 11 is 0. The Morgan fingerprint density at radius 2 is 0.976 bits per heavy atom. The van der Waals surface area contributed by atoms with Gasteiger partial charge in [0, 0.05) is 69.4 Å². The topological polar surface area (TPSA) is 166 Å². The summed E-state index contributed by atoms with van der Waals surface area (Å²) in [6.45, 7) is 12.0. The van der Waals surface area contributed by atoms with E-state index in [-0.39, 0.29) is 43.8 Å². The smallest absolute Gasteiger partial charge is 0.411 e. The maximum Gasteiger partial charge on any atom is 0.411 e. The molecule has 0 radical (unpaired) electrons. The molecule has 0 saturated carbocycles. The van der Waals surface area contributed by atoms with E-state index in [9.17, 15) is 47.0 Å². The van der Waals surface area contributed by atoms with Crippen LogP contribution in [0, 0.1) is 29.2 Å². The highest BCUT2D eigenvalue weighted by Gasteiger charge is 2.48. The standard InChI is InChI=1S/C40H44F2N2O4.C25H31F2N3O4/c1-40(2,3)48-39(47)44-20-19-32(21-28-13-7-4-8-14-28)37(45)36(44)38(46)35(24-31-22-33(41)25-34(42)23-31)43(26-29-15-9-5-10-16-29)27-30-17-11-6-12-18-30;1-25(2,3)34-24(33)30-10-9-29(15-16-7-5-4-6-8-16)23(32)21(30)22(31)20(28)13-17-11-18(26)14-19(27)12-17/h4-18,22-23,25,32,35-36,38,46H,19-21,24,26-27H2,1-3H3;4-8,11-12,14,20-22,31H,9-10,13,15,28H2,1-3H3/t32?,35?,36-,38+;20?,21-,22-/m10/s1. The average Bonchev–Trinajstić information content (AvgIpc) is 3.57. The Bertz CT molecular complexity index is 2980. The summed E-state index contributed by atoms with van der Waals surface area (Å²) in [6.07, 6.45) is -3.56. The number of likely N-dealkylation sites (tertiary alicyclic amines) is 1. The van der Waals surface area contributed by atoms with Gasteiger partial charge in [-0.1, -0.05) is 121 Å². The number of piperazine rings is 1. The molecule has 0 aliphatic carbocycles. The lowest BCUT2D eigenvalue weighted by molar-refractivity contribution is -0.148. The van der Waals surface area contributed by atoms with Gasteiger partial charge in [-0.05, 0) is 125 Å². The highest BCUT2D eigenvalue weighted by Crippen LogP contribution is 2.32. The fourth-order valence-electron chi connectivity index (χ4n) is 10.5. The molecule has 8 rings (SSSR count). The van der Waals surface area contributed by atoms with Crippen LogP contribution in [0.5, 0.6) is 0 Å². The number of piperidine rings is 1. The van der Waals surface area contributed by atoms with Gasteiger partial charge in [-0.25, -0.2) is 27.2 Å². The molecule has 0 spiro atoms. The quantitative estimate of drug-likeness (QED) is 0.0749. The largest absolute Gasteiger partial charge is 0.444 e. The van der Waals surface area contributed by atoms with Crippen molar-refractivity contribution in [3.8, 4) is 0 Å². The number of carbonyl (C=O) groups is 4. The average molecular weight is 1130 g/mol. The zero-order chi connectivity index (χ0) is 59.3. The number of amides is 3. The fourth-order valence-corrected chi connectivity index (χ4v) is 10.5. The summed E-state index contributed by atoms with van der Waals surface area (Å²) in [5.74, 6) is -4.20. The molecule has 17 heteroatoms. The van der Waals surface area contributed by atoms with Gasteiger partial charge >= 0.3 is 12.2 Å². The Balaban J connectivity index is 0.000000251. The van der Waals surface area contributed by atoms with Crippen molar-refractivity contribution in [2.75, 3.05) is 19.6 Å². The van der Waals surface area contributed by atoms with Crippen molar-refractivity contribution in [1.29, 1.82) is 0 Å². The molecule has 13 nitrogen and oxygen atoms in total. The van der Waals surface area contributed by atoms with Gasteiger partial charge in [0.15, 0.2) is 5.78 Å². The van der Waals surface area contributed by atoms with Gasteiger partial charge in [0.25, 0.3) is 0 Å². The Morgan fingerprint density at radius 1 is 0.561 bits per heavy atom. The third-order valence-electron chi connectivity index (χ3n) is 14.2. The number of nitrogens with two attached hydrogens (primary N) is 1. The lowest BCUT2D eigenvalue weighted by atomic mass is 9.80. The van der Waals surface area contributed by atoms with E-state index in [4.69, 9.17) is 15.2 Å². The van der Waals surface area contributed by atoms with Crippen LogP contribution < -0.4 is 5.73 Å². The lowest BCUT2D eigenvalue weighted by Crippen LogP contribution is -2.65. The number of rotatable bonds is 17. The van der Waals surface area contributed by atoms with Crippen LogP contribution in [0.1, 0.15) is 81.3 Å². The first-order valence-electron chi connectivity index (χ1n) is 27.6. The highest BCUT2D eigenvalue weighted by molar-refractivity contribution is 5.91. The fraction of sp³-hybridized carbons (Fsp3) is 0.385. The van der Waals surface area contributed by atoms with E-state index in [1.165, 1.54) is 21.9 Å². The van der Waals surface area contributed by atoms with Crippen LogP contribution in [0.15, 0.2) is 158 Å². The molecule has 6 aromatic rings. The third kappa shape index (κ3) is 17.8. The summed E-state index contributed by atoms with van der Waals surface area (Å²) in [5.41, 5.74) is 8.90. The number of aliphatic hydroxyl groups is 2. The number of nitrogens with zero attached hydrogens (tertiary/aromatic N) is 4. The van der Waals surface area contributed by atoms with E-state index in [0.717, 1.165) is 46.5 Å². The number of aliphatic hydroxyl groups excluding tert-OH is 2. The number of hydrogen-bond acceptors (Lipinski definition) is 10. The van der Waals surface area contributed by atoms with Gasteiger partial charge in [0.05, 0.1) is 12.2 Å². The Hall–Kier alpha value is -7.44. The van der Waals surface area contributed by atoms with Crippen LogP contribution in [0.4, 0.5) is 27.2 Å². The molecule has 0 aromatic heterocycles. The van der Waals surface area contributed by atoms with Crippen molar-refractivity contribution < 1.29 is 56.4 Å². The predicted octanol–water partition coefficient (Wildman–Crippen LogP) is 10.2. The van der Waals surface area contributed by atoms with Crippen molar-refractivity contribution >= 4 is 23.9 Å². The molecule has 2 aliphatic heterocycles. The SMILES string of the molecule is CC(C)(C)OC(=O)N1CCC(Cc2ccccc2)C(=O)[C@@H]1[C@@H](O)C(Cc1cc(F)cc(F)c1)N(Cc1ccccc1)Cc1ccccc1.CC(C)(C)OC(=O)N1CCN(Cc2ccccc2)C(=O)[C@@H]1[C@@H](O)C(N)Cc1cc(F)cc(F)c1. The minimum Gasteiger partial charge on any atom is -0.444 e. The Kier molecular flexibility index (Phi) is 21.2. The molecule has 2 heterocycles. The van der Waals surface area contributed by atoms with Gasteiger partial charge in [-0.2, -0.15) is 0 Å². The van der Waals surface area contributed by atoms with Crippen LogP contribution >= 0.6 is 0 Å². The van der Waals surface area contributed by atoms with Crippen molar-refractivity contribution in [3.63, 3.8) is 0 Å². The molecule has 3 amide bonds. The summed E-state index contributed by atoms with van der Waals surface area (Å²) in [5, 5.41) is 23.6. The van der Waals surface area contributed by atoms with Crippen molar-refractivity contribution in [1.82, 2.24) is 19.6 Å². The van der Waals surface area contributed by atoms with E-state index in [1.807, 2.05) is 126 Å². The molecule has 82 heavy (non-hydrogen) atoms. The summed E-state index contributed by atoms with van der Waals surface area (Å²) in [4.78, 5) is 60.7. The van der Waals surface area contributed by atoms with Crippen LogP contribution in [-0.4, -0.2) is 121 Å². The Labute approximate surface area is 478 Å². The molecule has 2 aliphatic rings. The number of ether oxygens (including phenoxy) is 2. The molecule has 436 valence electrons. The first-order chi connectivity index (χ1) is 38.9. The second kappa shape index (κ2) is 28.0. The van der Waals surface area contributed by atoms with E-state index < -0.39 is 94.9 Å². The molecule has 2 saturated heterocycles. The summed E-state index contributed by atoms with van der Waals surface area (Å²) in [6, 6.07) is 40.2. The van der Waals surface area contributed by atoms with E-state index in [0.29, 0.717) is 38.0 Å². The molecule has 2 fully saturated rings. The van der Waals surface area contributed by atoms with Gasteiger partial charge in [0.1, 0.15) is 46.6 Å². The van der Waals surface area contributed by atoms with Crippen molar-refractivity contribution in [3.05, 3.63) is 214 Å². The van der Waals surface area contributed by atoms with Crippen LogP contribution in [-0.2, 0) is 58.0 Å². The predicted molar refractivity (Wildman–Crippen MR) is 305 cm³/mol. The number of hydrogen-bond donors (Lipinski definition) is 3. The maximum atomic E-state index is 14.5. The molecule has 4 N–H and O–H groups in total.